The second kappa shape index (κ2) is 8.76. The number of benzene rings is 2. The number of carbonyl (C=O) groups excluding carboxylic acids is 1. The van der Waals surface area contributed by atoms with Crippen LogP contribution in [0.2, 0.25) is 0 Å². The number of nitrogens with one attached hydrogen (secondary N) is 2. The maximum atomic E-state index is 12.9. The van der Waals surface area contributed by atoms with Gasteiger partial charge in [0.25, 0.3) is 0 Å². The summed E-state index contributed by atoms with van der Waals surface area (Å²) < 4.78 is 0. The highest BCUT2D eigenvalue weighted by atomic mass is 16.1. The third kappa shape index (κ3) is 4.26. The normalized spacial score (nSPS) is 15.7. The molecule has 1 amide bonds. The molecule has 1 atom stereocenters. The lowest BCUT2D eigenvalue weighted by molar-refractivity contribution is -0.126. The zero-order valence-corrected chi connectivity index (χ0v) is 15.7. The van der Waals surface area contributed by atoms with Crippen molar-refractivity contribution >= 4 is 5.91 Å². The molecule has 0 spiro atoms. The van der Waals surface area contributed by atoms with Gasteiger partial charge in [0.2, 0.25) is 5.91 Å². The molecule has 142 valence electrons. The molecular weight excluding hydrogens is 348 g/mol. The Bertz CT molecular complexity index is 891. The Morgan fingerprint density at radius 1 is 0.964 bits per heavy atom. The Kier molecular flexibility index (Phi) is 5.73. The van der Waals surface area contributed by atoms with Crippen molar-refractivity contribution in [1.29, 1.82) is 0 Å². The highest BCUT2D eigenvalue weighted by Crippen LogP contribution is 2.25. The van der Waals surface area contributed by atoms with Crippen LogP contribution in [0.1, 0.15) is 30.1 Å². The Labute approximate surface area is 165 Å². The summed E-state index contributed by atoms with van der Waals surface area (Å²) >= 11 is 0. The van der Waals surface area contributed by atoms with Crippen LogP contribution in [0.4, 0.5) is 0 Å². The van der Waals surface area contributed by atoms with Crippen molar-refractivity contribution in [3.05, 3.63) is 84.4 Å². The molecule has 1 aliphatic rings. The Morgan fingerprint density at radius 2 is 1.68 bits per heavy atom. The summed E-state index contributed by atoms with van der Waals surface area (Å²) in [6, 6.07) is 18.3. The molecule has 1 aliphatic heterocycles. The Hall–Kier alpha value is -3.05. The van der Waals surface area contributed by atoms with E-state index in [1.165, 1.54) is 5.56 Å². The molecule has 4 rings (SSSR count). The number of aromatic nitrogens is 2. The van der Waals surface area contributed by atoms with E-state index in [4.69, 9.17) is 0 Å². The second-order valence-electron chi connectivity index (χ2n) is 7.08. The maximum absolute atomic E-state index is 12.9. The molecule has 1 saturated heterocycles. The van der Waals surface area contributed by atoms with E-state index in [0.29, 0.717) is 0 Å². The molecule has 2 N–H and O–H groups in total. The first-order chi connectivity index (χ1) is 13.8. The third-order valence-electron chi connectivity index (χ3n) is 5.23. The van der Waals surface area contributed by atoms with E-state index in [1.807, 2.05) is 18.2 Å². The van der Waals surface area contributed by atoms with Crippen LogP contribution in [0.3, 0.4) is 0 Å². The lowest BCUT2D eigenvalue weighted by Gasteiger charge is -2.25. The van der Waals surface area contributed by atoms with Crippen LogP contribution in [0, 0.1) is 5.92 Å². The molecule has 0 aliphatic carbocycles. The van der Waals surface area contributed by atoms with Gasteiger partial charge in [-0.05, 0) is 42.6 Å². The lowest BCUT2D eigenvalue weighted by atomic mass is 9.95. The van der Waals surface area contributed by atoms with Crippen LogP contribution in [-0.4, -0.2) is 29.0 Å². The van der Waals surface area contributed by atoms with Crippen LogP contribution in [-0.2, 0) is 4.79 Å². The highest BCUT2D eigenvalue weighted by molar-refractivity contribution is 5.79. The van der Waals surface area contributed by atoms with Crippen LogP contribution in [0.15, 0.2) is 73.2 Å². The number of nitrogens with zero attached hydrogens (tertiary/aromatic N) is 2. The molecular formula is C23H24N4O. The van der Waals surface area contributed by atoms with Crippen molar-refractivity contribution in [3.8, 4) is 11.1 Å². The minimum atomic E-state index is -0.305. The number of carbonyl (C=O) groups is 1. The average molecular weight is 372 g/mol. The van der Waals surface area contributed by atoms with Crippen molar-refractivity contribution in [3.63, 3.8) is 0 Å². The van der Waals surface area contributed by atoms with E-state index in [-0.39, 0.29) is 17.9 Å². The predicted molar refractivity (Wildman–Crippen MR) is 109 cm³/mol. The average Bonchev–Trinajstić information content (AvgIpc) is 2.79. The van der Waals surface area contributed by atoms with Gasteiger partial charge < -0.3 is 10.6 Å². The summed E-state index contributed by atoms with van der Waals surface area (Å²) in [5.41, 5.74) is 4.07. The first-order valence-corrected chi connectivity index (χ1v) is 9.73. The molecule has 0 bridgehead atoms. The van der Waals surface area contributed by atoms with Crippen molar-refractivity contribution < 1.29 is 4.79 Å². The zero-order valence-electron chi connectivity index (χ0n) is 15.7. The topological polar surface area (TPSA) is 66.9 Å². The smallest absolute Gasteiger partial charge is 0.224 e. The van der Waals surface area contributed by atoms with Crippen molar-refractivity contribution in [2.75, 3.05) is 13.1 Å². The van der Waals surface area contributed by atoms with Gasteiger partial charge in [-0.2, -0.15) is 0 Å². The minimum absolute atomic E-state index is 0.0454. The van der Waals surface area contributed by atoms with E-state index in [9.17, 15) is 4.79 Å². The highest BCUT2D eigenvalue weighted by Gasteiger charge is 2.25. The van der Waals surface area contributed by atoms with Crippen LogP contribution < -0.4 is 10.6 Å². The molecule has 2 heterocycles. The third-order valence-corrected chi connectivity index (χ3v) is 5.23. The number of piperidine rings is 1. The fraction of sp³-hybridized carbons (Fsp3) is 0.261. The van der Waals surface area contributed by atoms with E-state index in [2.05, 4.69) is 57.0 Å². The van der Waals surface area contributed by atoms with Gasteiger partial charge in [-0.25, -0.2) is 0 Å². The van der Waals surface area contributed by atoms with E-state index in [0.717, 1.165) is 42.8 Å². The van der Waals surface area contributed by atoms with Crippen LogP contribution >= 0.6 is 0 Å². The number of hydrogen-bond acceptors (Lipinski definition) is 4. The minimum Gasteiger partial charge on any atom is -0.343 e. The molecule has 1 fully saturated rings. The van der Waals surface area contributed by atoms with Gasteiger partial charge in [-0.3, -0.25) is 14.8 Å². The Balaban J connectivity index is 1.59. The summed E-state index contributed by atoms with van der Waals surface area (Å²) in [5, 5.41) is 6.52. The van der Waals surface area contributed by atoms with Gasteiger partial charge in [0.05, 0.1) is 17.9 Å². The van der Waals surface area contributed by atoms with Crippen molar-refractivity contribution in [1.82, 2.24) is 20.6 Å². The van der Waals surface area contributed by atoms with E-state index < -0.39 is 0 Å². The zero-order chi connectivity index (χ0) is 19.2. The Morgan fingerprint density at radius 3 is 2.36 bits per heavy atom. The van der Waals surface area contributed by atoms with Crippen LogP contribution in [0.5, 0.6) is 0 Å². The molecule has 1 unspecified atom stereocenters. The van der Waals surface area contributed by atoms with Gasteiger partial charge in [0, 0.05) is 18.3 Å². The van der Waals surface area contributed by atoms with Gasteiger partial charge >= 0.3 is 0 Å². The van der Waals surface area contributed by atoms with E-state index in [1.54, 1.807) is 18.6 Å². The SMILES string of the molecule is O=C(NC(c1ccc(-c2ccccc2)cc1)c1cnccn1)C1CCNCC1. The van der Waals surface area contributed by atoms with Crippen molar-refractivity contribution in [2.24, 2.45) is 5.92 Å². The van der Waals surface area contributed by atoms with Crippen molar-refractivity contribution in [2.45, 2.75) is 18.9 Å². The summed E-state index contributed by atoms with van der Waals surface area (Å²) in [6.45, 7) is 1.78. The predicted octanol–water partition coefficient (Wildman–Crippen LogP) is 3.35. The first kappa shape index (κ1) is 18.3. The molecule has 5 heteroatoms. The van der Waals surface area contributed by atoms with Crippen LogP contribution in [0.25, 0.3) is 11.1 Å². The number of amides is 1. The summed E-state index contributed by atoms with van der Waals surface area (Å²) in [7, 11) is 0. The number of rotatable bonds is 5. The van der Waals surface area contributed by atoms with Gasteiger partial charge in [-0.1, -0.05) is 54.6 Å². The van der Waals surface area contributed by atoms with Gasteiger partial charge in [0.15, 0.2) is 0 Å². The summed E-state index contributed by atoms with van der Waals surface area (Å²) in [5.74, 6) is 0.133. The summed E-state index contributed by atoms with van der Waals surface area (Å²) in [4.78, 5) is 21.5. The van der Waals surface area contributed by atoms with E-state index >= 15 is 0 Å². The molecule has 0 saturated carbocycles. The lowest BCUT2D eigenvalue weighted by Crippen LogP contribution is -2.40. The molecule has 1 aromatic heterocycles. The molecule has 2 aromatic carbocycles. The number of hydrogen-bond donors (Lipinski definition) is 2. The quantitative estimate of drug-likeness (QED) is 0.721. The fourth-order valence-electron chi connectivity index (χ4n) is 3.63. The van der Waals surface area contributed by atoms with Gasteiger partial charge in [0.1, 0.15) is 0 Å². The molecule has 5 nitrogen and oxygen atoms in total. The standard InChI is InChI=1S/C23H24N4O/c28-23(20-10-12-24-13-11-20)27-22(21-16-25-14-15-26-21)19-8-6-18(7-9-19)17-4-2-1-3-5-17/h1-9,14-16,20,22,24H,10-13H2,(H,27,28). The monoisotopic (exact) mass is 372 g/mol. The van der Waals surface area contributed by atoms with Gasteiger partial charge in [-0.15, -0.1) is 0 Å². The largest absolute Gasteiger partial charge is 0.343 e. The maximum Gasteiger partial charge on any atom is 0.224 e. The second-order valence-corrected chi connectivity index (χ2v) is 7.08. The molecule has 0 radical (unpaired) electrons. The first-order valence-electron chi connectivity index (χ1n) is 9.73. The molecule has 3 aromatic rings. The summed E-state index contributed by atoms with van der Waals surface area (Å²) in [6.07, 6.45) is 6.77. The molecule has 28 heavy (non-hydrogen) atoms. The fourth-order valence-corrected chi connectivity index (χ4v) is 3.63.